The summed E-state index contributed by atoms with van der Waals surface area (Å²) in [5, 5.41) is 9.35. The maximum absolute atomic E-state index is 9.35. The zero-order chi connectivity index (χ0) is 11.8. The van der Waals surface area contributed by atoms with Gasteiger partial charge in [0.15, 0.2) is 0 Å². The van der Waals surface area contributed by atoms with Crippen LogP contribution in [0.1, 0.15) is 18.9 Å². The van der Waals surface area contributed by atoms with E-state index in [1.54, 1.807) is 0 Å². The van der Waals surface area contributed by atoms with Crippen LogP contribution in [-0.4, -0.2) is 23.2 Å². The molecule has 0 saturated heterocycles. The van der Waals surface area contributed by atoms with Crippen molar-refractivity contribution in [1.29, 1.82) is 0 Å². The van der Waals surface area contributed by atoms with E-state index in [-0.39, 0.29) is 6.61 Å². The highest BCUT2D eigenvalue weighted by atomic mass is 79.9. The Morgan fingerprint density at radius 1 is 1.38 bits per heavy atom. The van der Waals surface area contributed by atoms with Crippen LogP contribution in [0, 0.1) is 5.92 Å². The first-order valence-electron chi connectivity index (χ1n) is 5.70. The molecule has 1 rings (SSSR count). The van der Waals surface area contributed by atoms with Gasteiger partial charge in [0.05, 0.1) is 0 Å². The molecule has 0 aliphatic carbocycles. The molecule has 1 unspecified atom stereocenters. The Kier molecular flexibility index (Phi) is 7.17. The molecule has 0 aliphatic heterocycles. The number of rotatable bonds is 7. The highest BCUT2D eigenvalue weighted by molar-refractivity contribution is 9.10. The molecule has 90 valence electrons. The third-order valence-corrected chi connectivity index (χ3v) is 4.31. The Bertz CT molecular complexity index is 304. The summed E-state index contributed by atoms with van der Waals surface area (Å²) in [5.74, 6) is 2.69. The predicted molar refractivity (Wildman–Crippen MR) is 76.0 cm³/mol. The Labute approximate surface area is 111 Å². The minimum absolute atomic E-state index is 0.283. The van der Waals surface area contributed by atoms with E-state index >= 15 is 0 Å². The number of aliphatic hydroxyl groups excluding tert-OH is 1. The van der Waals surface area contributed by atoms with Crippen molar-refractivity contribution in [2.45, 2.75) is 19.8 Å². The summed E-state index contributed by atoms with van der Waals surface area (Å²) >= 11 is 5.49. The van der Waals surface area contributed by atoms with Crippen LogP contribution in [0.3, 0.4) is 0 Å². The summed E-state index contributed by atoms with van der Waals surface area (Å²) in [4.78, 5) is 0. The van der Waals surface area contributed by atoms with Crippen molar-refractivity contribution >= 4 is 27.7 Å². The molecule has 0 aromatic heterocycles. The van der Waals surface area contributed by atoms with Crippen LogP contribution < -0.4 is 0 Å². The summed E-state index contributed by atoms with van der Waals surface area (Å²) < 4.78 is 1.15. The summed E-state index contributed by atoms with van der Waals surface area (Å²) in [6.07, 6.45) is 2.05. The lowest BCUT2D eigenvalue weighted by atomic mass is 9.98. The number of hydrogen-bond acceptors (Lipinski definition) is 2. The SMILES string of the molecule is CCSCCC(CO)Cc1ccccc1Br. The second-order valence-electron chi connectivity index (χ2n) is 3.83. The standard InChI is InChI=1S/C13H19BrOS/c1-2-16-8-7-11(10-15)9-12-5-3-4-6-13(12)14/h3-6,11,15H,2,7-10H2,1H3. The molecule has 1 atom stereocenters. The Morgan fingerprint density at radius 2 is 2.12 bits per heavy atom. The van der Waals surface area contributed by atoms with Gasteiger partial charge in [-0.05, 0) is 41.9 Å². The fraction of sp³-hybridized carbons (Fsp3) is 0.538. The van der Waals surface area contributed by atoms with Gasteiger partial charge >= 0.3 is 0 Å². The summed E-state index contributed by atoms with van der Waals surface area (Å²) in [7, 11) is 0. The van der Waals surface area contributed by atoms with Gasteiger partial charge in [-0.15, -0.1) is 0 Å². The van der Waals surface area contributed by atoms with Crippen molar-refractivity contribution in [2.75, 3.05) is 18.1 Å². The lowest BCUT2D eigenvalue weighted by Gasteiger charge is -2.14. The molecule has 0 amide bonds. The van der Waals surface area contributed by atoms with E-state index < -0.39 is 0 Å². The zero-order valence-corrected chi connectivity index (χ0v) is 12.1. The average Bonchev–Trinajstić information content (AvgIpc) is 2.30. The topological polar surface area (TPSA) is 20.2 Å². The first-order valence-corrected chi connectivity index (χ1v) is 7.64. The van der Waals surface area contributed by atoms with Gasteiger partial charge in [-0.1, -0.05) is 41.1 Å². The molecule has 1 nitrogen and oxygen atoms in total. The summed E-state index contributed by atoms with van der Waals surface area (Å²) in [5.41, 5.74) is 1.29. The van der Waals surface area contributed by atoms with E-state index in [2.05, 4.69) is 41.1 Å². The Hall–Kier alpha value is 0.01000. The first kappa shape index (κ1) is 14.1. The molecule has 1 N–H and O–H groups in total. The minimum Gasteiger partial charge on any atom is -0.396 e. The van der Waals surface area contributed by atoms with Gasteiger partial charge in [0.1, 0.15) is 0 Å². The maximum atomic E-state index is 9.35. The molecule has 0 heterocycles. The van der Waals surface area contributed by atoms with Crippen molar-refractivity contribution in [2.24, 2.45) is 5.92 Å². The Balaban J connectivity index is 2.46. The quantitative estimate of drug-likeness (QED) is 0.774. The fourth-order valence-corrected chi connectivity index (χ4v) is 2.86. The fourth-order valence-electron chi connectivity index (χ4n) is 1.63. The van der Waals surface area contributed by atoms with E-state index in [0.717, 1.165) is 28.8 Å². The Morgan fingerprint density at radius 3 is 2.75 bits per heavy atom. The molecule has 0 saturated carbocycles. The first-order chi connectivity index (χ1) is 7.77. The molecular weight excluding hydrogens is 284 g/mol. The van der Waals surface area contributed by atoms with Crippen molar-refractivity contribution in [3.8, 4) is 0 Å². The summed E-state index contributed by atoms with van der Waals surface area (Å²) in [6, 6.07) is 8.26. The van der Waals surface area contributed by atoms with Crippen LogP contribution in [-0.2, 0) is 6.42 Å². The van der Waals surface area contributed by atoms with Gasteiger partial charge in [0.2, 0.25) is 0 Å². The molecule has 0 bridgehead atoms. The predicted octanol–water partition coefficient (Wildman–Crippen LogP) is 3.74. The van der Waals surface area contributed by atoms with Crippen molar-refractivity contribution in [3.63, 3.8) is 0 Å². The van der Waals surface area contributed by atoms with Crippen molar-refractivity contribution in [3.05, 3.63) is 34.3 Å². The molecule has 1 aromatic rings. The third kappa shape index (κ3) is 4.89. The molecule has 3 heteroatoms. The van der Waals surface area contributed by atoms with Gasteiger partial charge in [-0.3, -0.25) is 0 Å². The molecule has 0 spiro atoms. The van der Waals surface area contributed by atoms with Gasteiger partial charge in [0, 0.05) is 11.1 Å². The van der Waals surface area contributed by atoms with E-state index in [1.165, 1.54) is 5.56 Å². The number of thioether (sulfide) groups is 1. The lowest BCUT2D eigenvalue weighted by Crippen LogP contribution is -2.11. The van der Waals surface area contributed by atoms with Gasteiger partial charge in [-0.25, -0.2) is 0 Å². The van der Waals surface area contributed by atoms with Gasteiger partial charge in [-0.2, -0.15) is 11.8 Å². The highest BCUT2D eigenvalue weighted by Crippen LogP contribution is 2.21. The lowest BCUT2D eigenvalue weighted by molar-refractivity contribution is 0.223. The van der Waals surface area contributed by atoms with Gasteiger partial charge in [0.25, 0.3) is 0 Å². The van der Waals surface area contributed by atoms with Crippen LogP contribution in [0.4, 0.5) is 0 Å². The van der Waals surface area contributed by atoms with E-state index in [0.29, 0.717) is 5.92 Å². The number of halogens is 1. The van der Waals surface area contributed by atoms with Crippen molar-refractivity contribution in [1.82, 2.24) is 0 Å². The van der Waals surface area contributed by atoms with Crippen LogP contribution in [0.2, 0.25) is 0 Å². The minimum atomic E-state index is 0.283. The normalized spacial score (nSPS) is 12.7. The van der Waals surface area contributed by atoms with Crippen LogP contribution in [0.5, 0.6) is 0 Å². The monoisotopic (exact) mass is 302 g/mol. The smallest absolute Gasteiger partial charge is 0.0462 e. The molecular formula is C13H19BrOS. The molecule has 16 heavy (non-hydrogen) atoms. The highest BCUT2D eigenvalue weighted by Gasteiger charge is 2.10. The van der Waals surface area contributed by atoms with Crippen LogP contribution in [0.25, 0.3) is 0 Å². The number of benzene rings is 1. The number of aliphatic hydroxyl groups is 1. The summed E-state index contributed by atoms with van der Waals surface area (Å²) in [6.45, 7) is 2.46. The van der Waals surface area contributed by atoms with Gasteiger partial charge < -0.3 is 5.11 Å². The second kappa shape index (κ2) is 8.15. The third-order valence-electron chi connectivity index (χ3n) is 2.60. The number of hydrogen-bond donors (Lipinski definition) is 1. The van der Waals surface area contributed by atoms with E-state index in [4.69, 9.17) is 0 Å². The second-order valence-corrected chi connectivity index (χ2v) is 6.08. The maximum Gasteiger partial charge on any atom is 0.0462 e. The largest absolute Gasteiger partial charge is 0.396 e. The molecule has 0 radical (unpaired) electrons. The van der Waals surface area contributed by atoms with Crippen molar-refractivity contribution < 1.29 is 5.11 Å². The van der Waals surface area contributed by atoms with E-state index in [9.17, 15) is 5.11 Å². The van der Waals surface area contributed by atoms with E-state index in [1.807, 2.05) is 17.8 Å². The molecule has 1 aromatic carbocycles. The molecule has 0 aliphatic rings. The molecule has 0 fully saturated rings. The van der Waals surface area contributed by atoms with Crippen LogP contribution in [0.15, 0.2) is 28.7 Å². The average molecular weight is 303 g/mol. The zero-order valence-electron chi connectivity index (χ0n) is 9.66. The van der Waals surface area contributed by atoms with Crippen LogP contribution >= 0.6 is 27.7 Å².